The number of rotatable bonds is 7. The van der Waals surface area contributed by atoms with Crippen LogP contribution >= 0.6 is 11.8 Å². The normalized spacial score (nSPS) is 20.5. The van der Waals surface area contributed by atoms with Gasteiger partial charge in [-0.05, 0) is 12.1 Å². The molecule has 2 aliphatic rings. The zero-order chi connectivity index (χ0) is 21.1. The minimum atomic E-state index is -1.35. The average molecular weight is 447 g/mol. The van der Waals surface area contributed by atoms with Gasteiger partial charge < -0.3 is 30.1 Å². The van der Waals surface area contributed by atoms with Gasteiger partial charge in [0.2, 0.25) is 5.71 Å². The van der Waals surface area contributed by atoms with Crippen molar-refractivity contribution in [2.75, 3.05) is 19.5 Å². The molecule has 30 heavy (non-hydrogen) atoms. The molecule has 155 valence electrons. The van der Waals surface area contributed by atoms with Crippen LogP contribution in [-0.4, -0.2) is 100 Å². The number of amides is 3. The Morgan fingerprint density at radius 1 is 1.47 bits per heavy atom. The molecule has 1 saturated heterocycles. The van der Waals surface area contributed by atoms with E-state index in [1.54, 1.807) is 6.07 Å². The maximum absolute atomic E-state index is 12.6. The van der Waals surface area contributed by atoms with Crippen molar-refractivity contribution in [3.05, 3.63) is 35.4 Å². The van der Waals surface area contributed by atoms with E-state index in [0.717, 1.165) is 4.90 Å². The summed E-state index contributed by atoms with van der Waals surface area (Å²) in [5, 5.41) is 15.0. The summed E-state index contributed by atoms with van der Waals surface area (Å²) in [6.07, 6.45) is 0.290. The minimum Gasteiger partial charge on any atom is -0.477 e. The van der Waals surface area contributed by atoms with E-state index in [1.807, 2.05) is 0 Å². The molecule has 1 radical (unpaired) electrons. The number of hydrogen-bond donors (Lipinski definition) is 3. The Hall–Kier alpha value is -2.48. The van der Waals surface area contributed by atoms with Crippen LogP contribution in [0.3, 0.4) is 0 Å². The molecule has 0 spiro atoms. The van der Waals surface area contributed by atoms with Gasteiger partial charge in [-0.2, -0.15) is 0 Å². The number of hydrogen-bond acceptors (Lipinski definition) is 9. The van der Waals surface area contributed by atoms with Crippen molar-refractivity contribution in [2.45, 2.75) is 11.4 Å². The first-order valence-electron chi connectivity index (χ1n) is 8.13. The largest absolute Gasteiger partial charge is 0.477 e. The second kappa shape index (κ2) is 10.0. The Morgan fingerprint density at radius 3 is 2.77 bits per heavy atom. The van der Waals surface area contributed by atoms with Gasteiger partial charge in [0.25, 0.3) is 11.8 Å². The molecule has 3 rings (SSSR count). The molecule has 14 heteroatoms. The summed E-state index contributed by atoms with van der Waals surface area (Å²) < 4.78 is 9.79. The Labute approximate surface area is 196 Å². The van der Waals surface area contributed by atoms with Gasteiger partial charge in [0.1, 0.15) is 30.8 Å². The van der Waals surface area contributed by atoms with E-state index in [4.69, 9.17) is 10.2 Å². The summed E-state index contributed by atoms with van der Waals surface area (Å²) in [5.41, 5.74) is 4.68. The number of carbonyl (C=O) groups is 4. The summed E-state index contributed by atoms with van der Waals surface area (Å²) in [4.78, 5) is 53.3. The van der Waals surface area contributed by atoms with Crippen LogP contribution in [0.15, 0.2) is 39.2 Å². The number of nitrogens with one attached hydrogen (secondary N) is 1. The topological polar surface area (TPSA) is 174 Å². The number of furan rings is 1. The number of oxime groups is 1. The van der Waals surface area contributed by atoms with E-state index in [-0.39, 0.29) is 64.7 Å². The smallest absolute Gasteiger partial charge is 0.404 e. The summed E-state index contributed by atoms with van der Waals surface area (Å²) >= 11 is 1.21. The SMILES string of the molecule is CO/N=C(\C(=O)N[C@@H]1C(=O)N2C(C(=O)O)=C(COC(N)=O)CS[C@@H]12)c1ccco1.[Na]. The molecular formula is C16H16N4NaO8S. The number of carboxylic acids is 1. The van der Waals surface area contributed by atoms with Crippen LogP contribution < -0.4 is 11.1 Å². The van der Waals surface area contributed by atoms with Crippen molar-refractivity contribution < 1.29 is 38.3 Å². The van der Waals surface area contributed by atoms with Crippen molar-refractivity contribution in [1.82, 2.24) is 10.2 Å². The Balaban J connectivity index is 0.00000320. The molecule has 1 fully saturated rings. The number of carbonyl (C=O) groups excluding carboxylic acids is 3. The molecule has 12 nitrogen and oxygen atoms in total. The fraction of sp³-hybridized carbons (Fsp3) is 0.312. The van der Waals surface area contributed by atoms with Crippen molar-refractivity contribution in [2.24, 2.45) is 10.9 Å². The predicted molar refractivity (Wildman–Crippen MR) is 103 cm³/mol. The Bertz CT molecular complexity index is 916. The number of fused-ring (bicyclic) bond motifs is 1. The number of nitrogens with zero attached hydrogens (tertiary/aromatic N) is 2. The van der Waals surface area contributed by atoms with Crippen LogP contribution in [0.1, 0.15) is 5.76 Å². The van der Waals surface area contributed by atoms with Gasteiger partial charge in [-0.3, -0.25) is 14.5 Å². The monoisotopic (exact) mass is 447 g/mol. The van der Waals surface area contributed by atoms with Crippen molar-refractivity contribution in [1.29, 1.82) is 0 Å². The number of carboxylic acid groups (broad SMARTS) is 1. The summed E-state index contributed by atoms with van der Waals surface area (Å²) in [6, 6.07) is 2.08. The molecule has 1 aromatic heterocycles. The fourth-order valence-corrected chi connectivity index (χ4v) is 4.19. The van der Waals surface area contributed by atoms with E-state index in [1.165, 1.54) is 31.2 Å². The number of aliphatic carboxylic acids is 1. The van der Waals surface area contributed by atoms with Crippen molar-refractivity contribution >= 4 is 70.9 Å². The van der Waals surface area contributed by atoms with Crippen molar-refractivity contribution in [3.63, 3.8) is 0 Å². The van der Waals surface area contributed by atoms with Crippen LogP contribution in [0.2, 0.25) is 0 Å². The quantitative estimate of drug-likeness (QED) is 0.207. The van der Waals surface area contributed by atoms with Crippen molar-refractivity contribution in [3.8, 4) is 0 Å². The fourth-order valence-electron chi connectivity index (χ4n) is 2.87. The number of nitrogens with two attached hydrogens (primary N) is 1. The second-order valence-electron chi connectivity index (χ2n) is 5.83. The number of thioether (sulfide) groups is 1. The van der Waals surface area contributed by atoms with Crippen LogP contribution in [0.25, 0.3) is 0 Å². The summed E-state index contributed by atoms with van der Waals surface area (Å²) in [5.74, 6) is -2.38. The van der Waals surface area contributed by atoms with Gasteiger partial charge in [-0.25, -0.2) is 9.59 Å². The predicted octanol–water partition coefficient (Wildman–Crippen LogP) is -0.917. The molecule has 0 aromatic carbocycles. The van der Waals surface area contributed by atoms with Crippen LogP contribution in [-0.2, 0) is 24.0 Å². The molecular weight excluding hydrogens is 431 g/mol. The zero-order valence-corrected chi connectivity index (χ0v) is 18.8. The van der Waals surface area contributed by atoms with Crippen LogP contribution in [0.5, 0.6) is 0 Å². The molecule has 4 N–H and O–H groups in total. The van der Waals surface area contributed by atoms with Gasteiger partial charge in [-0.15, -0.1) is 11.8 Å². The molecule has 0 saturated carbocycles. The molecule has 1 aromatic rings. The molecule has 2 atom stereocenters. The molecule has 0 aliphatic carbocycles. The van der Waals surface area contributed by atoms with Crippen LogP contribution in [0.4, 0.5) is 4.79 Å². The number of β-lactam (4-membered cyclic amide) rings is 1. The maximum Gasteiger partial charge on any atom is 0.404 e. The Morgan fingerprint density at radius 2 is 2.20 bits per heavy atom. The standard InChI is InChI=1S/C16H16N4O8S.Na/c1-26-19-9(8-3-2-4-27-8)12(21)18-10-13(22)20-11(15(23)24)7(5-28-16(17)25)6-29-14(10)20;/h2-4,10,14H,5-6H2,1H3,(H2,17,25)(H,18,21)(H,23,24);/b19-9-;/t10-,14+;/m1./s1. The third kappa shape index (κ3) is 4.64. The van der Waals surface area contributed by atoms with E-state index in [2.05, 4.69) is 20.0 Å². The first-order valence-corrected chi connectivity index (χ1v) is 9.18. The Kier molecular flexibility index (Phi) is 7.95. The minimum absolute atomic E-state index is 0. The molecule has 0 bridgehead atoms. The number of ether oxygens (including phenoxy) is 1. The van der Waals surface area contributed by atoms with Gasteiger partial charge in [0.15, 0.2) is 5.76 Å². The molecule has 0 unspecified atom stereocenters. The average Bonchev–Trinajstić information content (AvgIpc) is 3.21. The van der Waals surface area contributed by atoms with Gasteiger partial charge >= 0.3 is 12.1 Å². The van der Waals surface area contributed by atoms with E-state index < -0.39 is 35.3 Å². The van der Waals surface area contributed by atoms with E-state index in [9.17, 15) is 24.3 Å². The van der Waals surface area contributed by atoms with Crippen LogP contribution in [0, 0.1) is 0 Å². The van der Waals surface area contributed by atoms with E-state index in [0.29, 0.717) is 0 Å². The van der Waals surface area contributed by atoms with E-state index >= 15 is 0 Å². The molecule has 3 amide bonds. The number of primary amides is 1. The summed E-state index contributed by atoms with van der Waals surface area (Å²) in [7, 11) is 1.25. The van der Waals surface area contributed by atoms with Gasteiger partial charge in [0.05, 0.1) is 6.26 Å². The van der Waals surface area contributed by atoms with Gasteiger partial charge in [-0.1, -0.05) is 5.16 Å². The third-order valence-electron chi connectivity index (χ3n) is 4.08. The second-order valence-corrected chi connectivity index (χ2v) is 6.93. The maximum atomic E-state index is 12.6. The molecule has 2 aliphatic heterocycles. The zero-order valence-electron chi connectivity index (χ0n) is 16.0. The first-order chi connectivity index (χ1) is 13.8. The summed E-state index contributed by atoms with van der Waals surface area (Å²) in [6.45, 7) is -0.347. The first kappa shape index (κ1) is 23.8. The third-order valence-corrected chi connectivity index (χ3v) is 5.42. The molecule has 3 heterocycles. The van der Waals surface area contributed by atoms with Gasteiger partial charge in [0, 0.05) is 40.9 Å².